The minimum atomic E-state index is -0.757. The van der Waals surface area contributed by atoms with Gasteiger partial charge in [-0.25, -0.2) is 0 Å². The van der Waals surface area contributed by atoms with Crippen molar-refractivity contribution in [2.45, 2.75) is 26.2 Å². The summed E-state index contributed by atoms with van der Waals surface area (Å²) in [5.41, 5.74) is 1.81. The molecule has 2 heterocycles. The molecule has 1 aromatic heterocycles. The number of hydrogen-bond acceptors (Lipinski definition) is 3. The van der Waals surface area contributed by atoms with Crippen molar-refractivity contribution >= 4 is 11.9 Å². The number of H-pyrrole nitrogens is 1. The van der Waals surface area contributed by atoms with Crippen LogP contribution in [-0.2, 0) is 16.0 Å². The van der Waals surface area contributed by atoms with Crippen LogP contribution >= 0.6 is 0 Å². The Morgan fingerprint density at radius 3 is 2.67 bits per heavy atom. The molecule has 98 valence electrons. The second kappa shape index (κ2) is 5.20. The number of aromatic amines is 1. The van der Waals surface area contributed by atoms with Crippen LogP contribution < -0.4 is 0 Å². The number of carbonyl (C=O) groups is 2. The van der Waals surface area contributed by atoms with Gasteiger partial charge in [-0.05, 0) is 19.8 Å². The van der Waals surface area contributed by atoms with Crippen molar-refractivity contribution in [3.63, 3.8) is 0 Å². The molecule has 0 aliphatic carbocycles. The van der Waals surface area contributed by atoms with E-state index in [1.165, 1.54) is 0 Å². The summed E-state index contributed by atoms with van der Waals surface area (Å²) in [6, 6.07) is 0. The smallest absolute Gasteiger partial charge is 0.306 e. The number of aliphatic carboxylic acids is 1. The molecule has 0 spiro atoms. The van der Waals surface area contributed by atoms with E-state index in [9.17, 15) is 9.59 Å². The van der Waals surface area contributed by atoms with Crippen LogP contribution in [-0.4, -0.2) is 45.2 Å². The summed E-state index contributed by atoms with van der Waals surface area (Å²) >= 11 is 0. The summed E-state index contributed by atoms with van der Waals surface area (Å²) in [6.07, 6.45) is 3.09. The van der Waals surface area contributed by atoms with E-state index in [2.05, 4.69) is 10.2 Å². The number of nitrogens with one attached hydrogen (secondary N) is 1. The van der Waals surface area contributed by atoms with Gasteiger partial charge in [0.15, 0.2) is 0 Å². The van der Waals surface area contributed by atoms with Crippen molar-refractivity contribution < 1.29 is 14.7 Å². The molecule has 18 heavy (non-hydrogen) atoms. The molecular formula is C12H17N3O3. The van der Waals surface area contributed by atoms with Crippen molar-refractivity contribution in [3.8, 4) is 0 Å². The molecule has 0 aromatic carbocycles. The lowest BCUT2D eigenvalue weighted by atomic mass is 9.97. The third kappa shape index (κ3) is 2.69. The van der Waals surface area contributed by atoms with E-state index >= 15 is 0 Å². The minimum absolute atomic E-state index is 0.0448. The number of piperidine rings is 1. The second-order valence-electron chi connectivity index (χ2n) is 4.69. The number of amides is 1. The molecule has 0 saturated carbocycles. The first-order valence-electron chi connectivity index (χ1n) is 6.07. The van der Waals surface area contributed by atoms with Gasteiger partial charge in [0, 0.05) is 24.3 Å². The number of nitrogens with zero attached hydrogens (tertiary/aromatic N) is 2. The maximum atomic E-state index is 12.0. The maximum Gasteiger partial charge on any atom is 0.306 e. The Bertz CT molecular complexity index is 447. The summed E-state index contributed by atoms with van der Waals surface area (Å²) in [5, 5.41) is 15.6. The highest BCUT2D eigenvalue weighted by Crippen LogP contribution is 2.18. The number of likely N-dealkylation sites (tertiary alicyclic amines) is 1. The highest BCUT2D eigenvalue weighted by molar-refractivity contribution is 5.79. The van der Waals surface area contributed by atoms with Gasteiger partial charge in [-0.2, -0.15) is 5.10 Å². The van der Waals surface area contributed by atoms with Crippen molar-refractivity contribution in [3.05, 3.63) is 17.5 Å². The van der Waals surface area contributed by atoms with Gasteiger partial charge in [0.25, 0.3) is 0 Å². The molecule has 6 nitrogen and oxygen atoms in total. The van der Waals surface area contributed by atoms with Gasteiger partial charge in [-0.1, -0.05) is 0 Å². The number of aromatic nitrogens is 2. The molecule has 0 bridgehead atoms. The Kier molecular flexibility index (Phi) is 3.64. The zero-order valence-electron chi connectivity index (χ0n) is 10.3. The van der Waals surface area contributed by atoms with Gasteiger partial charge in [0.1, 0.15) is 0 Å². The highest BCUT2D eigenvalue weighted by Gasteiger charge is 2.27. The maximum absolute atomic E-state index is 12.0. The number of hydrogen-bond donors (Lipinski definition) is 2. The summed E-state index contributed by atoms with van der Waals surface area (Å²) in [7, 11) is 0. The van der Waals surface area contributed by atoms with Crippen molar-refractivity contribution in [1.82, 2.24) is 15.1 Å². The number of rotatable bonds is 3. The van der Waals surface area contributed by atoms with E-state index in [0.29, 0.717) is 32.4 Å². The molecule has 0 radical (unpaired) electrons. The number of carboxylic acid groups (broad SMARTS) is 1. The standard InChI is InChI=1S/C12H17N3O3/c1-8-10(7-13-14-8)6-11(16)15-4-2-9(3-5-15)12(17)18/h7,9H,2-6H2,1H3,(H,13,14)(H,17,18). The lowest BCUT2D eigenvalue weighted by molar-refractivity contribution is -0.145. The van der Waals surface area contributed by atoms with E-state index in [-0.39, 0.29) is 11.8 Å². The summed E-state index contributed by atoms with van der Waals surface area (Å²) in [4.78, 5) is 24.6. The summed E-state index contributed by atoms with van der Waals surface area (Å²) in [6.45, 7) is 2.95. The predicted molar refractivity (Wildman–Crippen MR) is 64.0 cm³/mol. The zero-order chi connectivity index (χ0) is 13.1. The fourth-order valence-corrected chi connectivity index (χ4v) is 2.20. The topological polar surface area (TPSA) is 86.3 Å². The largest absolute Gasteiger partial charge is 0.481 e. The van der Waals surface area contributed by atoms with Crippen molar-refractivity contribution in [2.75, 3.05) is 13.1 Å². The molecule has 2 rings (SSSR count). The molecule has 1 saturated heterocycles. The molecule has 0 atom stereocenters. The molecule has 6 heteroatoms. The van der Waals surface area contributed by atoms with Crippen molar-refractivity contribution in [2.24, 2.45) is 5.92 Å². The quantitative estimate of drug-likeness (QED) is 0.823. The van der Waals surface area contributed by atoms with Gasteiger partial charge < -0.3 is 10.0 Å². The lowest BCUT2D eigenvalue weighted by Gasteiger charge is -2.30. The normalized spacial score (nSPS) is 16.8. The second-order valence-corrected chi connectivity index (χ2v) is 4.69. The molecular weight excluding hydrogens is 234 g/mol. The SMILES string of the molecule is Cc1[nH]ncc1CC(=O)N1CCC(C(=O)O)CC1. The Morgan fingerprint density at radius 2 is 2.17 bits per heavy atom. The molecule has 1 aliphatic rings. The van der Waals surface area contributed by atoms with Gasteiger partial charge >= 0.3 is 5.97 Å². The van der Waals surface area contributed by atoms with E-state index in [1.807, 2.05) is 6.92 Å². The average molecular weight is 251 g/mol. The Morgan fingerprint density at radius 1 is 1.50 bits per heavy atom. The van der Waals surface area contributed by atoms with E-state index in [1.54, 1.807) is 11.1 Å². The van der Waals surface area contributed by atoms with Gasteiger partial charge in [-0.3, -0.25) is 14.7 Å². The van der Waals surface area contributed by atoms with Crippen LogP contribution in [0.4, 0.5) is 0 Å². The summed E-state index contributed by atoms with van der Waals surface area (Å²) < 4.78 is 0. The first-order chi connectivity index (χ1) is 8.58. The van der Waals surface area contributed by atoms with Crippen LogP contribution in [0.1, 0.15) is 24.1 Å². The lowest BCUT2D eigenvalue weighted by Crippen LogP contribution is -2.41. The molecule has 1 aliphatic heterocycles. The zero-order valence-corrected chi connectivity index (χ0v) is 10.3. The number of aryl methyl sites for hydroxylation is 1. The third-order valence-electron chi connectivity index (χ3n) is 3.47. The van der Waals surface area contributed by atoms with Crippen LogP contribution in [0.3, 0.4) is 0 Å². The minimum Gasteiger partial charge on any atom is -0.481 e. The fourth-order valence-electron chi connectivity index (χ4n) is 2.20. The Hall–Kier alpha value is -1.85. The van der Waals surface area contributed by atoms with Gasteiger partial charge in [0.2, 0.25) is 5.91 Å². The van der Waals surface area contributed by atoms with E-state index < -0.39 is 5.97 Å². The number of carboxylic acids is 1. The monoisotopic (exact) mass is 251 g/mol. The Labute approximate surface area is 105 Å². The molecule has 1 amide bonds. The first-order valence-corrected chi connectivity index (χ1v) is 6.07. The molecule has 2 N–H and O–H groups in total. The van der Waals surface area contributed by atoms with Crippen LogP contribution in [0.2, 0.25) is 0 Å². The van der Waals surface area contributed by atoms with Gasteiger partial charge in [0.05, 0.1) is 18.5 Å². The Balaban J connectivity index is 1.88. The summed E-state index contributed by atoms with van der Waals surface area (Å²) in [5.74, 6) is -1.01. The molecule has 1 fully saturated rings. The van der Waals surface area contributed by atoms with E-state index in [4.69, 9.17) is 5.11 Å². The highest BCUT2D eigenvalue weighted by atomic mass is 16.4. The van der Waals surface area contributed by atoms with Crippen LogP contribution in [0.25, 0.3) is 0 Å². The van der Waals surface area contributed by atoms with Gasteiger partial charge in [-0.15, -0.1) is 0 Å². The molecule has 1 aromatic rings. The third-order valence-corrected chi connectivity index (χ3v) is 3.47. The van der Waals surface area contributed by atoms with E-state index in [0.717, 1.165) is 11.3 Å². The number of carbonyl (C=O) groups excluding carboxylic acids is 1. The molecule has 0 unspecified atom stereocenters. The van der Waals surface area contributed by atoms with Crippen LogP contribution in [0.5, 0.6) is 0 Å². The fraction of sp³-hybridized carbons (Fsp3) is 0.583. The van der Waals surface area contributed by atoms with Crippen molar-refractivity contribution in [1.29, 1.82) is 0 Å². The van der Waals surface area contributed by atoms with Crippen LogP contribution in [0.15, 0.2) is 6.20 Å². The first kappa shape index (κ1) is 12.6. The average Bonchev–Trinajstić information content (AvgIpc) is 2.75. The predicted octanol–water partition coefficient (Wildman–Crippen LogP) is 0.584. The van der Waals surface area contributed by atoms with Crippen LogP contribution in [0, 0.1) is 12.8 Å².